The second-order valence-corrected chi connectivity index (χ2v) is 12.5. The minimum Gasteiger partial charge on any atom is -0.444 e. The van der Waals surface area contributed by atoms with Crippen LogP contribution < -0.4 is 19.7 Å². The highest BCUT2D eigenvalue weighted by molar-refractivity contribution is 7.93. The second-order valence-electron chi connectivity index (χ2n) is 10.8. The first kappa shape index (κ1) is 31.4. The molecule has 3 aromatic carbocycles. The van der Waals surface area contributed by atoms with Gasteiger partial charge in [-0.05, 0) is 56.7 Å². The Bertz CT molecular complexity index is 1750. The van der Waals surface area contributed by atoms with Crippen molar-refractivity contribution in [1.82, 2.24) is 10.3 Å². The molecule has 1 aromatic heterocycles. The highest BCUT2D eigenvalue weighted by Gasteiger charge is 2.33. The molecule has 0 unspecified atom stereocenters. The van der Waals surface area contributed by atoms with Crippen LogP contribution in [0.2, 0.25) is 0 Å². The molecule has 228 valence electrons. The number of hydrogen-bond acceptors (Lipinski definition) is 7. The van der Waals surface area contributed by atoms with Gasteiger partial charge in [-0.25, -0.2) is 18.2 Å². The molecular formula is C30H31F3N4O5S. The molecule has 1 amide bonds. The second kappa shape index (κ2) is 12.0. The van der Waals surface area contributed by atoms with E-state index in [1.54, 1.807) is 39.0 Å². The van der Waals surface area contributed by atoms with Crippen LogP contribution in [0, 0.1) is 0 Å². The van der Waals surface area contributed by atoms with Gasteiger partial charge >= 0.3 is 12.3 Å². The number of alkyl halides is 3. The van der Waals surface area contributed by atoms with Crippen LogP contribution in [0.3, 0.4) is 0 Å². The Morgan fingerprint density at radius 3 is 2.28 bits per heavy atom. The number of hydrogen-bond donors (Lipinski definition) is 2. The average molecular weight is 617 g/mol. The van der Waals surface area contributed by atoms with Crippen LogP contribution in [0.25, 0.3) is 10.8 Å². The fourth-order valence-corrected chi connectivity index (χ4v) is 5.46. The first-order chi connectivity index (χ1) is 20.0. The Labute approximate surface area is 247 Å². The summed E-state index contributed by atoms with van der Waals surface area (Å²) in [5, 5.41) is 3.68. The Morgan fingerprint density at radius 1 is 0.930 bits per heavy atom. The molecule has 0 bridgehead atoms. The zero-order chi connectivity index (χ0) is 31.6. The molecule has 0 radical (unpaired) electrons. The Balaban J connectivity index is 1.59. The first-order valence-electron chi connectivity index (χ1n) is 13.1. The lowest BCUT2D eigenvalue weighted by Crippen LogP contribution is -2.32. The van der Waals surface area contributed by atoms with E-state index in [9.17, 15) is 26.4 Å². The van der Waals surface area contributed by atoms with Crippen LogP contribution in [-0.4, -0.2) is 39.2 Å². The molecule has 43 heavy (non-hydrogen) atoms. The van der Waals surface area contributed by atoms with Crippen molar-refractivity contribution in [3.8, 4) is 11.6 Å². The van der Waals surface area contributed by atoms with E-state index >= 15 is 0 Å². The summed E-state index contributed by atoms with van der Waals surface area (Å²) in [7, 11) is -0.353. The summed E-state index contributed by atoms with van der Waals surface area (Å²) < 4.78 is 80.9. The molecule has 0 fully saturated rings. The van der Waals surface area contributed by atoms with Crippen molar-refractivity contribution in [3.05, 3.63) is 84.1 Å². The number of pyridine rings is 1. The van der Waals surface area contributed by atoms with Crippen molar-refractivity contribution >= 4 is 38.3 Å². The molecule has 1 heterocycles. The molecule has 0 saturated carbocycles. The quantitative estimate of drug-likeness (QED) is 0.221. The van der Waals surface area contributed by atoms with Crippen LogP contribution in [0.1, 0.15) is 32.0 Å². The zero-order valence-electron chi connectivity index (χ0n) is 24.1. The van der Waals surface area contributed by atoms with Crippen molar-refractivity contribution < 1.29 is 35.9 Å². The number of sulfonamides is 1. The number of nitrogens with one attached hydrogen (secondary N) is 2. The van der Waals surface area contributed by atoms with Crippen molar-refractivity contribution in [2.75, 3.05) is 23.7 Å². The molecular weight excluding hydrogens is 585 g/mol. The number of benzene rings is 3. The third kappa shape index (κ3) is 8.07. The van der Waals surface area contributed by atoms with E-state index in [4.69, 9.17) is 9.47 Å². The highest BCUT2D eigenvalue weighted by atomic mass is 32.2. The number of anilines is 2. The molecule has 9 nitrogen and oxygen atoms in total. The van der Waals surface area contributed by atoms with Crippen LogP contribution in [0.5, 0.6) is 11.6 Å². The van der Waals surface area contributed by atoms with E-state index in [-0.39, 0.29) is 28.4 Å². The number of rotatable bonds is 8. The van der Waals surface area contributed by atoms with Crippen molar-refractivity contribution in [1.29, 1.82) is 0 Å². The van der Waals surface area contributed by atoms with Crippen LogP contribution >= 0.6 is 0 Å². The molecule has 0 spiro atoms. The molecule has 4 rings (SSSR count). The number of amides is 1. The van der Waals surface area contributed by atoms with E-state index in [0.717, 1.165) is 17.1 Å². The summed E-state index contributed by atoms with van der Waals surface area (Å²) >= 11 is 0. The molecule has 0 saturated heterocycles. The van der Waals surface area contributed by atoms with Gasteiger partial charge in [-0.2, -0.15) is 13.2 Å². The van der Waals surface area contributed by atoms with Gasteiger partial charge in [-0.1, -0.05) is 30.3 Å². The van der Waals surface area contributed by atoms with Crippen molar-refractivity contribution in [3.63, 3.8) is 0 Å². The van der Waals surface area contributed by atoms with Gasteiger partial charge in [0.15, 0.2) is 0 Å². The lowest BCUT2D eigenvalue weighted by molar-refractivity contribution is -0.141. The highest BCUT2D eigenvalue weighted by Crippen LogP contribution is 2.34. The summed E-state index contributed by atoms with van der Waals surface area (Å²) in [5.41, 5.74) is -0.983. The summed E-state index contributed by atoms with van der Waals surface area (Å²) in [6.07, 6.45) is -5.59. The van der Waals surface area contributed by atoms with Gasteiger partial charge in [-0.15, -0.1) is 0 Å². The maximum atomic E-state index is 13.6. The van der Waals surface area contributed by atoms with E-state index in [1.165, 1.54) is 36.4 Å². The van der Waals surface area contributed by atoms with Crippen LogP contribution in [-0.2, 0) is 27.5 Å². The maximum Gasteiger partial charge on any atom is 0.433 e. The fourth-order valence-electron chi connectivity index (χ4n) is 4.19. The van der Waals surface area contributed by atoms with Gasteiger partial charge in [0.2, 0.25) is 5.88 Å². The molecule has 0 aliphatic rings. The minimum atomic E-state index is -4.79. The first-order valence-corrected chi connectivity index (χ1v) is 14.5. The summed E-state index contributed by atoms with van der Waals surface area (Å²) in [6, 6.07) is 18.1. The van der Waals surface area contributed by atoms with Crippen molar-refractivity contribution in [2.45, 2.75) is 44.0 Å². The number of fused-ring (bicyclic) bond motifs is 1. The number of carbonyl (C=O) groups excluding carboxylic acids is 1. The fraction of sp³-hybridized carbons (Fsp3) is 0.267. The molecule has 0 aliphatic carbocycles. The van der Waals surface area contributed by atoms with Crippen LogP contribution in [0.4, 0.5) is 29.3 Å². The third-order valence-corrected chi connectivity index (χ3v) is 7.37. The largest absolute Gasteiger partial charge is 0.444 e. The summed E-state index contributed by atoms with van der Waals surface area (Å²) in [5.74, 6) is -0.369. The summed E-state index contributed by atoms with van der Waals surface area (Å²) in [6.45, 7) is 4.69. The Morgan fingerprint density at radius 2 is 1.60 bits per heavy atom. The van der Waals surface area contributed by atoms with Crippen molar-refractivity contribution in [2.24, 2.45) is 0 Å². The number of nitrogens with zero attached hydrogens (tertiary/aromatic N) is 2. The predicted octanol–water partition coefficient (Wildman–Crippen LogP) is 6.94. The van der Waals surface area contributed by atoms with E-state index in [2.05, 4.69) is 15.0 Å². The molecule has 0 aliphatic heterocycles. The number of carbonyl (C=O) groups is 1. The Hall–Kier alpha value is -4.52. The number of aromatic nitrogens is 1. The van der Waals surface area contributed by atoms with E-state index in [0.29, 0.717) is 5.39 Å². The smallest absolute Gasteiger partial charge is 0.433 e. The van der Waals surface area contributed by atoms with Gasteiger partial charge in [0.1, 0.15) is 17.0 Å². The predicted molar refractivity (Wildman–Crippen MR) is 158 cm³/mol. The standard InChI is InChI=1S/C30H31F3N4O5S/c1-29(2,3)42-28(38)34-18-19-15-26(30(31,32)33)35-27(16-19)41-21-10-6-9-20(17-21)36-43(39,40)25-14-8-11-22-23(25)12-7-13-24(22)37(4)5/h6-17,36H,18H2,1-5H3,(H,34,38). The topological polar surface area (TPSA) is 110 Å². The van der Waals surface area contributed by atoms with Gasteiger partial charge < -0.3 is 19.7 Å². The minimum absolute atomic E-state index is 0.0332. The molecule has 13 heteroatoms. The number of alkyl carbamates (subject to hydrolysis) is 1. The normalized spacial score (nSPS) is 12.1. The van der Waals surface area contributed by atoms with Gasteiger partial charge in [0.25, 0.3) is 10.0 Å². The average Bonchev–Trinajstić information content (AvgIpc) is 2.89. The number of halogens is 3. The molecule has 4 aromatic rings. The SMILES string of the molecule is CN(C)c1cccc2c(S(=O)(=O)Nc3cccc(Oc4cc(CNC(=O)OC(C)(C)C)cc(C(F)(F)F)n4)c3)cccc12. The van der Waals surface area contributed by atoms with Gasteiger partial charge in [0, 0.05) is 49.2 Å². The van der Waals surface area contributed by atoms with E-state index in [1.807, 2.05) is 31.1 Å². The van der Waals surface area contributed by atoms with Gasteiger partial charge in [-0.3, -0.25) is 4.72 Å². The van der Waals surface area contributed by atoms with Crippen LogP contribution in [0.15, 0.2) is 77.7 Å². The molecule has 0 atom stereocenters. The lowest BCUT2D eigenvalue weighted by Gasteiger charge is -2.20. The monoisotopic (exact) mass is 616 g/mol. The third-order valence-electron chi connectivity index (χ3n) is 5.93. The van der Waals surface area contributed by atoms with E-state index < -0.39 is 39.5 Å². The maximum absolute atomic E-state index is 13.6. The number of ether oxygens (including phenoxy) is 2. The molecule has 2 N–H and O–H groups in total. The summed E-state index contributed by atoms with van der Waals surface area (Å²) in [4.78, 5) is 17.5. The lowest BCUT2D eigenvalue weighted by atomic mass is 10.1. The zero-order valence-corrected chi connectivity index (χ0v) is 24.9. The Kier molecular flexibility index (Phi) is 8.76. The van der Waals surface area contributed by atoms with Gasteiger partial charge in [0.05, 0.1) is 10.6 Å².